The van der Waals surface area contributed by atoms with Gasteiger partial charge in [0.15, 0.2) is 0 Å². The highest BCUT2D eigenvalue weighted by Gasteiger charge is 2.26. The maximum Gasteiger partial charge on any atom is 0.250 e. The molecule has 0 saturated heterocycles. The van der Waals surface area contributed by atoms with E-state index in [2.05, 4.69) is 17.5 Å². The first-order valence-corrected chi connectivity index (χ1v) is 5.44. The zero-order valence-electron chi connectivity index (χ0n) is 8.26. The number of alkyl halides is 2. The van der Waals surface area contributed by atoms with Crippen LogP contribution in [0.1, 0.15) is 25.7 Å². The van der Waals surface area contributed by atoms with E-state index in [0.29, 0.717) is 17.9 Å². The molecular weight excluding hydrogens is 184 g/mol. The molecule has 3 rings (SSSR count). The molecule has 3 aliphatic rings. The average molecular weight is 201 g/mol. The fraction of sp³-hybridized carbons (Fsp3) is 0.818. The highest BCUT2D eigenvalue weighted by molar-refractivity contribution is 5.03. The molecule has 0 spiro atoms. The van der Waals surface area contributed by atoms with Gasteiger partial charge in [0.1, 0.15) is 0 Å². The van der Waals surface area contributed by atoms with Gasteiger partial charge in [-0.25, -0.2) is 8.78 Å². The third-order valence-electron chi connectivity index (χ3n) is 3.30. The largest absolute Gasteiger partial charge is 0.309 e. The van der Waals surface area contributed by atoms with Crippen LogP contribution in [0, 0.1) is 11.8 Å². The molecule has 2 bridgehead atoms. The Bertz CT molecular complexity index is 199. The lowest BCUT2D eigenvalue weighted by Crippen LogP contribution is -2.34. The van der Waals surface area contributed by atoms with Crippen molar-refractivity contribution in [2.45, 2.75) is 38.2 Å². The Morgan fingerprint density at radius 1 is 1.14 bits per heavy atom. The Hall–Kier alpha value is -0.440. The normalized spacial score (nSPS) is 36.4. The lowest BCUT2D eigenvalue weighted by atomic mass is 9.91. The Morgan fingerprint density at radius 2 is 1.71 bits per heavy atom. The second-order valence-corrected chi connectivity index (χ2v) is 4.45. The molecule has 0 amide bonds. The van der Waals surface area contributed by atoms with E-state index in [4.69, 9.17) is 0 Å². The molecule has 80 valence electrons. The Labute approximate surface area is 83.6 Å². The van der Waals surface area contributed by atoms with Gasteiger partial charge in [-0.2, -0.15) is 0 Å². The van der Waals surface area contributed by atoms with E-state index >= 15 is 0 Å². The zero-order chi connectivity index (χ0) is 9.97. The number of nitrogens with one attached hydrogen (secondary N) is 1. The van der Waals surface area contributed by atoms with Crippen LogP contribution < -0.4 is 5.32 Å². The molecule has 1 N–H and O–H groups in total. The van der Waals surface area contributed by atoms with Crippen molar-refractivity contribution < 1.29 is 8.78 Å². The standard InChI is InChI=1S/C11H17F2N/c12-11(13)7-14-10-5-8-1-2-9(6-10)4-3-8/h1-2,8-11,14H,3-7H2/t8-,9?,10?/m0/s1. The van der Waals surface area contributed by atoms with Crippen molar-refractivity contribution in [3.8, 4) is 0 Å². The molecule has 1 nitrogen and oxygen atoms in total. The molecular formula is C11H17F2N. The molecule has 0 aromatic rings. The van der Waals surface area contributed by atoms with E-state index in [1.807, 2.05) is 0 Å². The fourth-order valence-corrected chi connectivity index (χ4v) is 2.58. The summed E-state index contributed by atoms with van der Waals surface area (Å²) in [5.41, 5.74) is 0. The second-order valence-electron chi connectivity index (χ2n) is 4.45. The Kier molecular flexibility index (Phi) is 3.16. The summed E-state index contributed by atoms with van der Waals surface area (Å²) in [5, 5.41) is 2.97. The minimum Gasteiger partial charge on any atom is -0.309 e. The van der Waals surface area contributed by atoms with Crippen LogP contribution in [0.4, 0.5) is 8.78 Å². The molecule has 3 atom stereocenters. The molecule has 14 heavy (non-hydrogen) atoms. The van der Waals surface area contributed by atoms with Crippen LogP contribution in [0.25, 0.3) is 0 Å². The quantitative estimate of drug-likeness (QED) is 0.692. The van der Waals surface area contributed by atoms with Crippen molar-refractivity contribution in [2.24, 2.45) is 11.8 Å². The minimum atomic E-state index is -2.22. The van der Waals surface area contributed by atoms with Crippen molar-refractivity contribution in [1.82, 2.24) is 5.32 Å². The third-order valence-corrected chi connectivity index (χ3v) is 3.30. The lowest BCUT2D eigenvalue weighted by molar-refractivity contribution is 0.139. The van der Waals surface area contributed by atoms with Gasteiger partial charge >= 0.3 is 0 Å². The number of allylic oxidation sites excluding steroid dienone is 2. The van der Waals surface area contributed by atoms with Crippen molar-refractivity contribution in [3.05, 3.63) is 12.2 Å². The summed E-state index contributed by atoms with van der Waals surface area (Å²) in [4.78, 5) is 0. The van der Waals surface area contributed by atoms with E-state index < -0.39 is 6.43 Å². The molecule has 0 aromatic heterocycles. The van der Waals surface area contributed by atoms with Gasteiger partial charge in [-0.15, -0.1) is 0 Å². The first-order chi connectivity index (χ1) is 6.74. The summed E-state index contributed by atoms with van der Waals surface area (Å²) in [6.07, 6.45) is 6.90. The predicted octanol–water partition coefficient (Wildman–Crippen LogP) is 2.59. The summed E-state index contributed by atoms with van der Waals surface area (Å²) in [6.45, 7) is -0.149. The minimum absolute atomic E-state index is 0.149. The topological polar surface area (TPSA) is 12.0 Å². The first-order valence-electron chi connectivity index (χ1n) is 5.44. The highest BCUT2D eigenvalue weighted by atomic mass is 19.3. The van der Waals surface area contributed by atoms with E-state index in [9.17, 15) is 8.78 Å². The van der Waals surface area contributed by atoms with Crippen LogP contribution in [-0.4, -0.2) is 19.0 Å². The van der Waals surface area contributed by atoms with Gasteiger partial charge in [-0.05, 0) is 37.5 Å². The molecule has 3 heteroatoms. The Morgan fingerprint density at radius 3 is 2.14 bits per heavy atom. The van der Waals surface area contributed by atoms with Crippen LogP contribution in [0.5, 0.6) is 0 Å². The monoisotopic (exact) mass is 201 g/mol. The van der Waals surface area contributed by atoms with E-state index in [0.717, 1.165) is 12.8 Å². The van der Waals surface area contributed by atoms with Crippen LogP contribution in [0.15, 0.2) is 12.2 Å². The lowest BCUT2D eigenvalue weighted by Gasteiger charge is -2.18. The van der Waals surface area contributed by atoms with E-state index in [-0.39, 0.29) is 6.54 Å². The van der Waals surface area contributed by atoms with Gasteiger partial charge < -0.3 is 5.32 Å². The summed E-state index contributed by atoms with van der Waals surface area (Å²) in [6, 6.07) is 0.302. The van der Waals surface area contributed by atoms with Crippen LogP contribution in [0.2, 0.25) is 0 Å². The van der Waals surface area contributed by atoms with Gasteiger partial charge in [0, 0.05) is 6.04 Å². The highest BCUT2D eigenvalue weighted by Crippen LogP contribution is 2.34. The Balaban J connectivity index is 1.84. The maximum absolute atomic E-state index is 12.0. The maximum atomic E-state index is 12.0. The summed E-state index contributed by atoms with van der Waals surface area (Å²) in [7, 11) is 0. The molecule has 1 saturated carbocycles. The van der Waals surface area contributed by atoms with Crippen molar-refractivity contribution >= 4 is 0 Å². The van der Waals surface area contributed by atoms with Gasteiger partial charge in [-0.3, -0.25) is 0 Å². The number of rotatable bonds is 3. The van der Waals surface area contributed by atoms with Crippen molar-refractivity contribution in [2.75, 3.05) is 6.54 Å². The summed E-state index contributed by atoms with van der Waals surface area (Å²) >= 11 is 0. The van der Waals surface area contributed by atoms with Crippen LogP contribution in [-0.2, 0) is 0 Å². The molecule has 0 aliphatic heterocycles. The van der Waals surface area contributed by atoms with Crippen molar-refractivity contribution in [3.63, 3.8) is 0 Å². The van der Waals surface area contributed by atoms with Gasteiger partial charge in [0.25, 0.3) is 6.43 Å². The number of fused-ring (bicyclic) bond motifs is 3. The summed E-state index contributed by atoms with van der Waals surface area (Å²) < 4.78 is 24.0. The number of hydrogen-bond acceptors (Lipinski definition) is 1. The molecule has 3 aliphatic carbocycles. The van der Waals surface area contributed by atoms with E-state index in [1.54, 1.807) is 0 Å². The molecule has 0 heterocycles. The van der Waals surface area contributed by atoms with Gasteiger partial charge in [-0.1, -0.05) is 12.2 Å². The third kappa shape index (κ3) is 2.53. The molecule has 2 unspecified atom stereocenters. The molecule has 0 aromatic carbocycles. The van der Waals surface area contributed by atoms with Crippen LogP contribution in [0.3, 0.4) is 0 Å². The zero-order valence-corrected chi connectivity index (χ0v) is 8.26. The van der Waals surface area contributed by atoms with Gasteiger partial charge in [0.05, 0.1) is 6.54 Å². The fourth-order valence-electron chi connectivity index (χ4n) is 2.58. The SMILES string of the molecule is FC(F)CNC1CC2C=C[C@@H](CC2)C1. The van der Waals surface area contributed by atoms with Crippen molar-refractivity contribution in [1.29, 1.82) is 0 Å². The number of halogens is 2. The molecule has 1 fully saturated rings. The van der Waals surface area contributed by atoms with Crippen LogP contribution >= 0.6 is 0 Å². The van der Waals surface area contributed by atoms with E-state index in [1.165, 1.54) is 12.8 Å². The second kappa shape index (κ2) is 4.39. The predicted molar refractivity (Wildman–Crippen MR) is 52.4 cm³/mol. The number of hydrogen-bond donors (Lipinski definition) is 1. The smallest absolute Gasteiger partial charge is 0.250 e. The molecule has 0 radical (unpaired) electrons. The average Bonchev–Trinajstić information content (AvgIpc) is 2.46. The first kappa shape index (κ1) is 10.1. The van der Waals surface area contributed by atoms with Gasteiger partial charge in [0.2, 0.25) is 0 Å². The summed E-state index contributed by atoms with van der Waals surface area (Å²) in [5.74, 6) is 1.26.